The highest BCUT2D eigenvalue weighted by molar-refractivity contribution is 5.92. The number of carbonyl (C=O) groups excluding carboxylic acids is 1. The van der Waals surface area contributed by atoms with E-state index in [1.54, 1.807) is 12.3 Å². The summed E-state index contributed by atoms with van der Waals surface area (Å²) in [6.45, 7) is 3.48. The number of carbonyl (C=O) groups is 1. The van der Waals surface area contributed by atoms with Crippen molar-refractivity contribution in [3.63, 3.8) is 0 Å². The molecule has 0 spiro atoms. The van der Waals surface area contributed by atoms with Crippen molar-refractivity contribution in [1.29, 1.82) is 0 Å². The molecule has 0 aliphatic rings. The summed E-state index contributed by atoms with van der Waals surface area (Å²) in [6, 6.07) is 13.2. The molecule has 0 fully saturated rings. The van der Waals surface area contributed by atoms with Gasteiger partial charge >= 0.3 is 0 Å². The molecule has 0 bridgehead atoms. The van der Waals surface area contributed by atoms with Crippen LogP contribution in [0.15, 0.2) is 57.7 Å². The molecule has 0 atom stereocenters. The van der Waals surface area contributed by atoms with Crippen LogP contribution >= 0.6 is 0 Å². The van der Waals surface area contributed by atoms with Crippen LogP contribution in [0.25, 0.3) is 11.3 Å². The molecule has 3 aromatic rings. The van der Waals surface area contributed by atoms with Crippen LogP contribution in [0.5, 0.6) is 0 Å². The van der Waals surface area contributed by atoms with Crippen LogP contribution in [-0.2, 0) is 11.3 Å². The quantitative estimate of drug-likeness (QED) is 0.634. The standard InChI is InChI=1S/C19H20N2O4/c1-14-5-7-15(8-6-14)17-12-18(25-21-17)19(22)20-9-3-10-23-13-16-4-2-11-24-16/h2,4-8,11-12H,3,9-10,13H2,1H3,(H,20,22). The number of hydrogen-bond donors (Lipinski definition) is 1. The first kappa shape index (κ1) is 17.0. The normalized spacial score (nSPS) is 10.8. The first-order chi connectivity index (χ1) is 12.2. The van der Waals surface area contributed by atoms with Crippen LogP contribution in [0.1, 0.15) is 28.3 Å². The molecule has 1 amide bonds. The van der Waals surface area contributed by atoms with Crippen LogP contribution in [0.2, 0.25) is 0 Å². The maximum absolute atomic E-state index is 12.1. The molecule has 1 aromatic carbocycles. The van der Waals surface area contributed by atoms with Gasteiger partial charge in [0.1, 0.15) is 18.1 Å². The Morgan fingerprint density at radius 1 is 1.24 bits per heavy atom. The van der Waals surface area contributed by atoms with Gasteiger partial charge in [-0.2, -0.15) is 0 Å². The number of benzene rings is 1. The number of ether oxygens (including phenoxy) is 1. The average molecular weight is 340 g/mol. The van der Waals surface area contributed by atoms with Gasteiger partial charge in [0, 0.05) is 24.8 Å². The lowest BCUT2D eigenvalue weighted by molar-refractivity contribution is 0.0886. The van der Waals surface area contributed by atoms with E-state index in [0.717, 1.165) is 11.3 Å². The van der Waals surface area contributed by atoms with Gasteiger partial charge in [0.2, 0.25) is 5.76 Å². The zero-order chi connectivity index (χ0) is 17.5. The Morgan fingerprint density at radius 3 is 2.84 bits per heavy atom. The van der Waals surface area contributed by atoms with E-state index in [0.29, 0.717) is 31.9 Å². The molecule has 0 saturated heterocycles. The largest absolute Gasteiger partial charge is 0.467 e. The summed E-state index contributed by atoms with van der Waals surface area (Å²) in [5.41, 5.74) is 2.73. The fourth-order valence-corrected chi connectivity index (χ4v) is 2.27. The van der Waals surface area contributed by atoms with E-state index in [9.17, 15) is 4.79 Å². The van der Waals surface area contributed by atoms with Crippen molar-refractivity contribution in [2.45, 2.75) is 20.0 Å². The number of aromatic nitrogens is 1. The summed E-state index contributed by atoms with van der Waals surface area (Å²) in [4.78, 5) is 12.1. The molecule has 6 heteroatoms. The number of hydrogen-bond acceptors (Lipinski definition) is 5. The molecular weight excluding hydrogens is 320 g/mol. The third-order valence-corrected chi connectivity index (χ3v) is 3.66. The van der Waals surface area contributed by atoms with Gasteiger partial charge in [-0.3, -0.25) is 4.79 Å². The van der Waals surface area contributed by atoms with Gasteiger partial charge in [-0.25, -0.2) is 0 Å². The van der Waals surface area contributed by atoms with Crippen LogP contribution in [0.3, 0.4) is 0 Å². The SMILES string of the molecule is Cc1ccc(-c2cc(C(=O)NCCCOCc3ccco3)on2)cc1. The van der Waals surface area contributed by atoms with Gasteiger partial charge in [-0.1, -0.05) is 35.0 Å². The highest BCUT2D eigenvalue weighted by Crippen LogP contribution is 2.19. The molecule has 0 saturated carbocycles. The van der Waals surface area contributed by atoms with Gasteiger partial charge in [0.05, 0.1) is 6.26 Å². The van der Waals surface area contributed by atoms with Gasteiger partial charge in [0.15, 0.2) is 0 Å². The van der Waals surface area contributed by atoms with Crippen LogP contribution in [-0.4, -0.2) is 24.2 Å². The number of aryl methyl sites for hydroxylation is 1. The molecular formula is C19H20N2O4. The Balaban J connectivity index is 1.40. The van der Waals surface area contributed by atoms with Crippen molar-refractivity contribution in [1.82, 2.24) is 10.5 Å². The smallest absolute Gasteiger partial charge is 0.289 e. The predicted molar refractivity (Wildman–Crippen MR) is 92.0 cm³/mol. The van der Waals surface area contributed by atoms with E-state index in [4.69, 9.17) is 13.7 Å². The molecule has 0 unspecified atom stereocenters. The van der Waals surface area contributed by atoms with Crippen LogP contribution in [0, 0.1) is 6.92 Å². The predicted octanol–water partition coefficient (Wildman–Crippen LogP) is 3.58. The zero-order valence-corrected chi connectivity index (χ0v) is 14.0. The molecule has 2 heterocycles. The highest BCUT2D eigenvalue weighted by atomic mass is 16.5. The second-order valence-corrected chi connectivity index (χ2v) is 5.68. The minimum Gasteiger partial charge on any atom is -0.467 e. The molecule has 6 nitrogen and oxygen atoms in total. The summed E-state index contributed by atoms with van der Waals surface area (Å²) < 4.78 is 15.8. The first-order valence-corrected chi connectivity index (χ1v) is 8.14. The van der Waals surface area contributed by atoms with Crippen molar-refractivity contribution in [3.05, 3.63) is 65.8 Å². The van der Waals surface area contributed by atoms with E-state index < -0.39 is 0 Å². The average Bonchev–Trinajstić information content (AvgIpc) is 3.30. The van der Waals surface area contributed by atoms with E-state index in [2.05, 4.69) is 10.5 Å². The second kappa shape index (κ2) is 8.30. The summed E-state index contributed by atoms with van der Waals surface area (Å²) >= 11 is 0. The van der Waals surface area contributed by atoms with Crippen molar-refractivity contribution < 1.29 is 18.5 Å². The minimum atomic E-state index is -0.281. The molecule has 0 aliphatic heterocycles. The summed E-state index contributed by atoms with van der Waals surface area (Å²) in [6.07, 6.45) is 2.31. The van der Waals surface area contributed by atoms with E-state index in [1.165, 1.54) is 5.56 Å². The zero-order valence-electron chi connectivity index (χ0n) is 14.0. The lowest BCUT2D eigenvalue weighted by Crippen LogP contribution is -2.24. The van der Waals surface area contributed by atoms with Crippen molar-refractivity contribution in [2.24, 2.45) is 0 Å². The molecule has 130 valence electrons. The summed E-state index contributed by atoms with van der Waals surface area (Å²) in [5, 5.41) is 6.74. The second-order valence-electron chi connectivity index (χ2n) is 5.68. The topological polar surface area (TPSA) is 77.5 Å². The lowest BCUT2D eigenvalue weighted by Gasteiger charge is -2.03. The van der Waals surface area contributed by atoms with Crippen LogP contribution < -0.4 is 5.32 Å². The molecule has 25 heavy (non-hydrogen) atoms. The fourth-order valence-electron chi connectivity index (χ4n) is 2.27. The van der Waals surface area contributed by atoms with E-state index in [-0.39, 0.29) is 11.7 Å². The van der Waals surface area contributed by atoms with Gasteiger partial charge < -0.3 is 19.0 Å². The Hall–Kier alpha value is -2.86. The van der Waals surface area contributed by atoms with Crippen molar-refractivity contribution in [2.75, 3.05) is 13.2 Å². The number of nitrogens with zero attached hydrogens (tertiary/aromatic N) is 1. The molecule has 0 radical (unpaired) electrons. The number of rotatable bonds is 8. The molecule has 2 aromatic heterocycles. The minimum absolute atomic E-state index is 0.201. The van der Waals surface area contributed by atoms with E-state index >= 15 is 0 Å². The monoisotopic (exact) mass is 340 g/mol. The maximum Gasteiger partial charge on any atom is 0.289 e. The Morgan fingerprint density at radius 2 is 2.08 bits per heavy atom. The number of furan rings is 1. The Bertz CT molecular complexity index is 791. The highest BCUT2D eigenvalue weighted by Gasteiger charge is 2.13. The number of nitrogens with one attached hydrogen (secondary N) is 1. The van der Waals surface area contributed by atoms with Crippen LogP contribution in [0.4, 0.5) is 0 Å². The van der Waals surface area contributed by atoms with Gasteiger partial charge in [0.25, 0.3) is 5.91 Å². The number of amides is 1. The van der Waals surface area contributed by atoms with Gasteiger partial charge in [-0.05, 0) is 25.5 Å². The maximum atomic E-state index is 12.1. The van der Waals surface area contributed by atoms with E-state index in [1.807, 2.05) is 43.3 Å². The Kier molecular flexibility index (Phi) is 5.64. The molecule has 1 N–H and O–H groups in total. The van der Waals surface area contributed by atoms with Crippen molar-refractivity contribution in [3.8, 4) is 11.3 Å². The lowest BCUT2D eigenvalue weighted by atomic mass is 10.1. The van der Waals surface area contributed by atoms with Gasteiger partial charge in [-0.15, -0.1) is 0 Å². The molecule has 3 rings (SSSR count). The van der Waals surface area contributed by atoms with Crippen molar-refractivity contribution >= 4 is 5.91 Å². The third kappa shape index (κ3) is 4.81. The third-order valence-electron chi connectivity index (χ3n) is 3.66. The first-order valence-electron chi connectivity index (χ1n) is 8.14. The summed E-state index contributed by atoms with van der Waals surface area (Å²) in [5.74, 6) is 0.707. The Labute approximate surface area is 145 Å². The fraction of sp³-hybridized carbons (Fsp3) is 0.263. The molecule has 0 aliphatic carbocycles. The summed E-state index contributed by atoms with van der Waals surface area (Å²) in [7, 11) is 0.